The van der Waals surface area contributed by atoms with Crippen molar-refractivity contribution < 1.29 is 13.2 Å². The Morgan fingerprint density at radius 1 is 1.06 bits per heavy atom. The molecule has 0 fully saturated rings. The smallest absolute Gasteiger partial charge is 0.251 e. The summed E-state index contributed by atoms with van der Waals surface area (Å²) in [6.45, 7) is 1.66. The van der Waals surface area contributed by atoms with Gasteiger partial charge in [-0.3, -0.25) is 4.98 Å². The third-order valence-electron chi connectivity index (χ3n) is 2.17. The molecule has 0 bridgehead atoms. The Morgan fingerprint density at radius 2 is 1.71 bits per heavy atom. The second kappa shape index (κ2) is 4.12. The summed E-state index contributed by atoms with van der Waals surface area (Å²) in [5.41, 5.74) is -0.636. The molecule has 2 rings (SSSR count). The van der Waals surface area contributed by atoms with Crippen LogP contribution in [0.2, 0.25) is 0 Å². The average molecular weight is 239 g/mol. The van der Waals surface area contributed by atoms with E-state index in [1.807, 2.05) is 0 Å². The molecule has 3 nitrogen and oxygen atoms in total. The van der Waals surface area contributed by atoms with Gasteiger partial charge in [-0.1, -0.05) is 6.07 Å². The van der Waals surface area contributed by atoms with Crippen LogP contribution in [0.1, 0.15) is 11.5 Å². The topological polar surface area (TPSA) is 38.7 Å². The molecule has 0 N–H and O–H groups in total. The van der Waals surface area contributed by atoms with Crippen LogP contribution < -0.4 is 0 Å². The van der Waals surface area contributed by atoms with Crippen molar-refractivity contribution in [1.82, 2.24) is 15.0 Å². The van der Waals surface area contributed by atoms with E-state index in [0.717, 1.165) is 6.20 Å². The lowest BCUT2D eigenvalue weighted by atomic mass is 10.1. The number of rotatable bonds is 1. The number of aromatic nitrogens is 3. The Bertz CT molecular complexity index is 520. The molecule has 0 aliphatic rings. The SMILES string of the molecule is Cc1ncc(-c2cccnc2C(F)(F)F)cn1. The highest BCUT2D eigenvalue weighted by molar-refractivity contribution is 5.64. The van der Waals surface area contributed by atoms with Gasteiger partial charge in [0.05, 0.1) is 0 Å². The molecule has 0 aliphatic carbocycles. The molecule has 0 aromatic carbocycles. The zero-order valence-electron chi connectivity index (χ0n) is 8.86. The van der Waals surface area contributed by atoms with Crippen LogP contribution in [0, 0.1) is 6.92 Å². The van der Waals surface area contributed by atoms with Gasteiger partial charge in [-0.05, 0) is 13.0 Å². The highest BCUT2D eigenvalue weighted by Crippen LogP contribution is 2.34. The summed E-state index contributed by atoms with van der Waals surface area (Å²) in [7, 11) is 0. The summed E-state index contributed by atoms with van der Waals surface area (Å²) in [6, 6.07) is 2.80. The van der Waals surface area contributed by atoms with E-state index in [1.54, 1.807) is 6.92 Å². The van der Waals surface area contributed by atoms with Crippen molar-refractivity contribution in [2.75, 3.05) is 0 Å². The molecule has 88 valence electrons. The fraction of sp³-hybridized carbons (Fsp3) is 0.182. The van der Waals surface area contributed by atoms with Crippen LogP contribution in [0.4, 0.5) is 13.2 Å². The predicted molar refractivity (Wildman–Crippen MR) is 55.0 cm³/mol. The van der Waals surface area contributed by atoms with Crippen molar-refractivity contribution in [3.8, 4) is 11.1 Å². The first-order valence-corrected chi connectivity index (χ1v) is 4.80. The van der Waals surface area contributed by atoms with E-state index in [9.17, 15) is 13.2 Å². The molecule has 0 saturated carbocycles. The number of aryl methyl sites for hydroxylation is 1. The Kier molecular flexibility index (Phi) is 2.79. The van der Waals surface area contributed by atoms with Gasteiger partial charge in [0.25, 0.3) is 0 Å². The summed E-state index contributed by atoms with van der Waals surface area (Å²) in [5, 5.41) is 0. The molecule has 0 amide bonds. The molecule has 2 heterocycles. The largest absolute Gasteiger partial charge is 0.433 e. The van der Waals surface area contributed by atoms with E-state index in [4.69, 9.17) is 0 Å². The Labute approximate surface area is 95.4 Å². The maximum absolute atomic E-state index is 12.7. The molecule has 0 aliphatic heterocycles. The van der Waals surface area contributed by atoms with E-state index in [1.165, 1.54) is 24.5 Å². The molecule has 2 aromatic heterocycles. The van der Waals surface area contributed by atoms with Crippen LogP contribution in [-0.2, 0) is 6.18 Å². The second-order valence-corrected chi connectivity index (χ2v) is 3.42. The van der Waals surface area contributed by atoms with Gasteiger partial charge in [-0.2, -0.15) is 13.2 Å². The van der Waals surface area contributed by atoms with Crippen molar-refractivity contribution in [3.05, 3.63) is 42.2 Å². The first kappa shape index (κ1) is 11.5. The maximum Gasteiger partial charge on any atom is 0.433 e. The Morgan fingerprint density at radius 3 is 2.29 bits per heavy atom. The molecule has 2 aromatic rings. The number of hydrogen-bond donors (Lipinski definition) is 0. The Hall–Kier alpha value is -1.98. The number of hydrogen-bond acceptors (Lipinski definition) is 3. The lowest BCUT2D eigenvalue weighted by Gasteiger charge is -2.10. The van der Waals surface area contributed by atoms with Gasteiger partial charge < -0.3 is 0 Å². The minimum absolute atomic E-state index is 0.0139. The molecular formula is C11H8F3N3. The van der Waals surface area contributed by atoms with E-state index >= 15 is 0 Å². The first-order chi connectivity index (χ1) is 7.98. The monoisotopic (exact) mass is 239 g/mol. The standard InChI is InChI=1S/C11H8F3N3/c1-7-16-5-8(6-17-7)9-3-2-4-15-10(9)11(12,13)14/h2-6H,1H3. The zero-order valence-corrected chi connectivity index (χ0v) is 8.86. The zero-order chi connectivity index (χ0) is 12.5. The van der Waals surface area contributed by atoms with Crippen molar-refractivity contribution in [2.24, 2.45) is 0 Å². The van der Waals surface area contributed by atoms with Crippen LogP contribution in [0.15, 0.2) is 30.7 Å². The molecule has 0 unspecified atom stereocenters. The molecule has 0 radical (unpaired) electrons. The summed E-state index contributed by atoms with van der Waals surface area (Å²) in [4.78, 5) is 11.1. The molecule has 17 heavy (non-hydrogen) atoms. The quantitative estimate of drug-likeness (QED) is 0.768. The van der Waals surface area contributed by atoms with E-state index in [-0.39, 0.29) is 5.56 Å². The minimum Gasteiger partial charge on any atom is -0.251 e. The number of pyridine rings is 1. The van der Waals surface area contributed by atoms with E-state index in [0.29, 0.717) is 11.4 Å². The third-order valence-corrected chi connectivity index (χ3v) is 2.17. The number of halogens is 3. The van der Waals surface area contributed by atoms with E-state index < -0.39 is 11.9 Å². The van der Waals surface area contributed by atoms with Gasteiger partial charge in [-0.25, -0.2) is 9.97 Å². The van der Waals surface area contributed by atoms with Gasteiger partial charge in [-0.15, -0.1) is 0 Å². The average Bonchev–Trinajstić information content (AvgIpc) is 2.29. The first-order valence-electron chi connectivity index (χ1n) is 4.80. The van der Waals surface area contributed by atoms with Gasteiger partial charge in [0.15, 0.2) is 5.69 Å². The lowest BCUT2D eigenvalue weighted by Crippen LogP contribution is -2.09. The van der Waals surface area contributed by atoms with Crippen LogP contribution >= 0.6 is 0 Å². The molecule has 0 spiro atoms. The van der Waals surface area contributed by atoms with Crippen LogP contribution in [0.5, 0.6) is 0 Å². The third kappa shape index (κ3) is 2.41. The van der Waals surface area contributed by atoms with Gasteiger partial charge >= 0.3 is 6.18 Å². The summed E-state index contributed by atoms with van der Waals surface area (Å²) >= 11 is 0. The molecular weight excluding hydrogens is 231 g/mol. The normalized spacial score (nSPS) is 11.5. The number of nitrogens with zero attached hydrogens (tertiary/aromatic N) is 3. The fourth-order valence-corrected chi connectivity index (χ4v) is 1.40. The lowest BCUT2D eigenvalue weighted by molar-refractivity contribution is -0.140. The second-order valence-electron chi connectivity index (χ2n) is 3.42. The van der Waals surface area contributed by atoms with E-state index in [2.05, 4.69) is 15.0 Å². The van der Waals surface area contributed by atoms with Gasteiger partial charge in [0.2, 0.25) is 0 Å². The van der Waals surface area contributed by atoms with Gasteiger partial charge in [0, 0.05) is 29.7 Å². The van der Waals surface area contributed by atoms with Crippen molar-refractivity contribution in [2.45, 2.75) is 13.1 Å². The predicted octanol–water partition coefficient (Wildman–Crippen LogP) is 2.87. The van der Waals surface area contributed by atoms with Crippen LogP contribution in [0.25, 0.3) is 11.1 Å². The fourth-order valence-electron chi connectivity index (χ4n) is 1.40. The molecule has 6 heteroatoms. The van der Waals surface area contributed by atoms with Crippen molar-refractivity contribution in [1.29, 1.82) is 0 Å². The van der Waals surface area contributed by atoms with Crippen molar-refractivity contribution in [3.63, 3.8) is 0 Å². The van der Waals surface area contributed by atoms with Crippen LogP contribution in [-0.4, -0.2) is 15.0 Å². The Balaban J connectivity index is 2.56. The summed E-state index contributed by atoms with van der Waals surface area (Å²) in [6.07, 6.45) is -0.661. The highest BCUT2D eigenvalue weighted by Gasteiger charge is 2.35. The summed E-state index contributed by atoms with van der Waals surface area (Å²) in [5.74, 6) is 0.506. The number of alkyl halides is 3. The summed E-state index contributed by atoms with van der Waals surface area (Å²) < 4.78 is 38.1. The van der Waals surface area contributed by atoms with Gasteiger partial charge in [0.1, 0.15) is 5.82 Å². The van der Waals surface area contributed by atoms with Crippen LogP contribution in [0.3, 0.4) is 0 Å². The molecule has 0 saturated heterocycles. The minimum atomic E-state index is -4.48. The molecule has 0 atom stereocenters. The maximum atomic E-state index is 12.7. The van der Waals surface area contributed by atoms with Crippen molar-refractivity contribution >= 4 is 0 Å². The highest BCUT2D eigenvalue weighted by atomic mass is 19.4.